The second kappa shape index (κ2) is 10.3. The first-order valence-corrected chi connectivity index (χ1v) is 12.8. The Morgan fingerprint density at radius 1 is 1.08 bits per heavy atom. The molecule has 38 heavy (non-hydrogen) atoms. The fourth-order valence-corrected chi connectivity index (χ4v) is 5.58. The van der Waals surface area contributed by atoms with Gasteiger partial charge in [0.1, 0.15) is 18.1 Å². The number of benzene rings is 2. The lowest BCUT2D eigenvalue weighted by molar-refractivity contribution is -0.140. The number of likely N-dealkylation sites (tertiary alicyclic amines) is 1. The standard InChI is InChI=1S/C28H28N2O7S/c1-29-9-10-37-20-8-7-16(12-19(20)29)25(31)23-24(17-13-21(34-2)27(36-4)22(14-17)35-3)30(28(33)26(23)32)15-18-6-5-11-38-18/h5-8,11-14,24,31H,9-10,15H2,1-4H3/b25-23+. The van der Waals surface area contributed by atoms with Gasteiger partial charge in [-0.05, 0) is 47.3 Å². The van der Waals surface area contributed by atoms with Crippen LogP contribution in [0.15, 0.2) is 53.4 Å². The molecule has 1 amide bonds. The summed E-state index contributed by atoms with van der Waals surface area (Å²) in [5.41, 5.74) is 1.72. The molecule has 5 rings (SSSR count). The highest BCUT2D eigenvalue weighted by Gasteiger charge is 2.46. The molecule has 1 aromatic heterocycles. The molecule has 0 bridgehead atoms. The predicted octanol–water partition coefficient (Wildman–Crippen LogP) is 4.22. The molecule has 1 N–H and O–H groups in total. The van der Waals surface area contributed by atoms with Crippen molar-refractivity contribution in [1.82, 2.24) is 4.90 Å². The molecule has 9 nitrogen and oxygen atoms in total. The number of anilines is 1. The maximum atomic E-state index is 13.5. The highest BCUT2D eigenvalue weighted by atomic mass is 32.1. The number of nitrogens with zero attached hydrogens (tertiary/aromatic N) is 2. The van der Waals surface area contributed by atoms with E-state index in [-0.39, 0.29) is 17.9 Å². The number of ether oxygens (including phenoxy) is 4. The van der Waals surface area contributed by atoms with Gasteiger partial charge in [-0.2, -0.15) is 0 Å². The first-order chi connectivity index (χ1) is 18.4. The highest BCUT2D eigenvalue weighted by Crippen LogP contribution is 2.46. The predicted molar refractivity (Wildman–Crippen MR) is 143 cm³/mol. The van der Waals surface area contributed by atoms with E-state index in [1.54, 1.807) is 30.3 Å². The summed E-state index contributed by atoms with van der Waals surface area (Å²) in [6, 6.07) is 11.5. The number of fused-ring (bicyclic) bond motifs is 1. The first kappa shape index (κ1) is 25.5. The Morgan fingerprint density at radius 3 is 2.45 bits per heavy atom. The quantitative estimate of drug-likeness (QED) is 0.272. The van der Waals surface area contributed by atoms with Gasteiger partial charge in [0.2, 0.25) is 5.75 Å². The van der Waals surface area contributed by atoms with E-state index >= 15 is 0 Å². The molecule has 1 unspecified atom stereocenters. The minimum absolute atomic E-state index is 0.0137. The first-order valence-electron chi connectivity index (χ1n) is 12.0. The van der Waals surface area contributed by atoms with E-state index in [4.69, 9.17) is 18.9 Å². The number of ketones is 1. The third-order valence-corrected chi connectivity index (χ3v) is 7.64. The number of hydrogen-bond acceptors (Lipinski definition) is 9. The van der Waals surface area contributed by atoms with Crippen molar-refractivity contribution in [3.05, 3.63) is 69.4 Å². The number of methoxy groups -OCH3 is 3. The molecule has 1 atom stereocenters. The normalized spacial score (nSPS) is 18.3. The lowest BCUT2D eigenvalue weighted by Gasteiger charge is -2.28. The van der Waals surface area contributed by atoms with E-state index in [2.05, 4.69) is 0 Å². The Balaban J connectivity index is 1.70. The molecule has 2 aliphatic rings. The Bertz CT molecular complexity index is 1390. The van der Waals surface area contributed by atoms with Gasteiger partial charge in [0, 0.05) is 17.5 Å². The average molecular weight is 537 g/mol. The van der Waals surface area contributed by atoms with Crippen LogP contribution in [-0.2, 0) is 16.1 Å². The zero-order valence-electron chi connectivity index (χ0n) is 21.5. The smallest absolute Gasteiger partial charge is 0.295 e. The number of Topliss-reactive ketones (excluding diaryl/α,β-unsaturated/α-hetero) is 1. The second-order valence-corrected chi connectivity index (χ2v) is 9.95. The van der Waals surface area contributed by atoms with Crippen LogP contribution in [0, 0.1) is 0 Å². The van der Waals surface area contributed by atoms with E-state index in [0.717, 1.165) is 10.6 Å². The monoisotopic (exact) mass is 536 g/mol. The van der Waals surface area contributed by atoms with Crippen LogP contribution in [0.1, 0.15) is 22.0 Å². The molecule has 3 heterocycles. The summed E-state index contributed by atoms with van der Waals surface area (Å²) >= 11 is 1.48. The summed E-state index contributed by atoms with van der Waals surface area (Å²) in [5.74, 6) is 0.0864. The number of hydrogen-bond donors (Lipinski definition) is 1. The van der Waals surface area contributed by atoms with E-state index in [1.165, 1.54) is 37.6 Å². The lowest BCUT2D eigenvalue weighted by atomic mass is 9.94. The molecule has 1 fully saturated rings. The number of carbonyl (C=O) groups is 2. The molecule has 0 radical (unpaired) electrons. The van der Waals surface area contributed by atoms with Crippen LogP contribution >= 0.6 is 11.3 Å². The van der Waals surface area contributed by atoms with Gasteiger partial charge in [-0.3, -0.25) is 9.59 Å². The zero-order valence-corrected chi connectivity index (χ0v) is 22.3. The van der Waals surface area contributed by atoms with Crippen LogP contribution < -0.4 is 23.8 Å². The van der Waals surface area contributed by atoms with E-state index in [9.17, 15) is 14.7 Å². The van der Waals surface area contributed by atoms with E-state index < -0.39 is 17.7 Å². The number of aliphatic hydroxyl groups excluding tert-OH is 1. The minimum Gasteiger partial charge on any atom is -0.507 e. The molecule has 10 heteroatoms. The number of thiophene rings is 1. The van der Waals surface area contributed by atoms with Gasteiger partial charge in [0.15, 0.2) is 11.5 Å². The molecule has 0 saturated carbocycles. The molecule has 1 saturated heterocycles. The minimum atomic E-state index is -0.893. The second-order valence-electron chi connectivity index (χ2n) is 8.92. The Labute approximate surface area is 224 Å². The number of rotatable bonds is 7. The largest absolute Gasteiger partial charge is 0.507 e. The number of amides is 1. The summed E-state index contributed by atoms with van der Waals surface area (Å²) in [7, 11) is 6.42. The Morgan fingerprint density at radius 2 is 1.82 bits per heavy atom. The van der Waals surface area contributed by atoms with Crippen LogP contribution in [-0.4, -0.2) is 63.2 Å². The van der Waals surface area contributed by atoms with Gasteiger partial charge in [0.05, 0.1) is 51.7 Å². The van der Waals surface area contributed by atoms with Crippen molar-refractivity contribution in [1.29, 1.82) is 0 Å². The fraction of sp³-hybridized carbons (Fsp3) is 0.286. The summed E-state index contributed by atoms with van der Waals surface area (Å²) in [4.78, 5) is 31.3. The maximum Gasteiger partial charge on any atom is 0.295 e. The van der Waals surface area contributed by atoms with Crippen molar-refractivity contribution in [3.63, 3.8) is 0 Å². The number of carbonyl (C=O) groups excluding carboxylic acids is 2. The summed E-state index contributed by atoms with van der Waals surface area (Å²) in [6.45, 7) is 1.44. The van der Waals surface area contributed by atoms with Gasteiger partial charge in [-0.15, -0.1) is 11.3 Å². The molecule has 0 spiro atoms. The number of likely N-dealkylation sites (N-methyl/N-ethyl adjacent to an activating group) is 1. The Hall–Kier alpha value is -4.18. The van der Waals surface area contributed by atoms with Crippen molar-refractivity contribution < 1.29 is 33.6 Å². The number of aliphatic hydroxyl groups is 1. The summed E-state index contributed by atoms with van der Waals surface area (Å²) in [6.07, 6.45) is 0. The fourth-order valence-electron chi connectivity index (χ4n) is 4.87. The third-order valence-electron chi connectivity index (χ3n) is 6.78. The van der Waals surface area contributed by atoms with Crippen molar-refractivity contribution >= 4 is 34.5 Å². The Kier molecular flexibility index (Phi) is 6.90. The van der Waals surface area contributed by atoms with Crippen LogP contribution in [0.4, 0.5) is 5.69 Å². The van der Waals surface area contributed by atoms with Gasteiger partial charge >= 0.3 is 0 Å². The van der Waals surface area contributed by atoms with E-state index in [0.29, 0.717) is 47.3 Å². The molecule has 0 aliphatic carbocycles. The van der Waals surface area contributed by atoms with Gasteiger partial charge in [0.25, 0.3) is 11.7 Å². The summed E-state index contributed by atoms with van der Waals surface area (Å²) in [5, 5.41) is 13.5. The third kappa shape index (κ3) is 4.30. The zero-order chi connectivity index (χ0) is 27.0. The van der Waals surface area contributed by atoms with Crippen LogP contribution in [0.2, 0.25) is 0 Å². The van der Waals surface area contributed by atoms with Crippen molar-refractivity contribution in [3.8, 4) is 23.0 Å². The molecule has 2 aromatic carbocycles. The highest BCUT2D eigenvalue weighted by molar-refractivity contribution is 7.09. The SMILES string of the molecule is COc1cc(C2/C(=C(\O)c3ccc4c(c3)N(C)CCO4)C(=O)C(=O)N2Cc2cccs2)cc(OC)c1OC. The summed E-state index contributed by atoms with van der Waals surface area (Å²) < 4.78 is 22.3. The average Bonchev–Trinajstić information content (AvgIpc) is 3.54. The van der Waals surface area contributed by atoms with Crippen molar-refractivity contribution in [2.45, 2.75) is 12.6 Å². The molecule has 2 aliphatic heterocycles. The van der Waals surface area contributed by atoms with Crippen LogP contribution in [0.25, 0.3) is 5.76 Å². The van der Waals surface area contributed by atoms with Gasteiger partial charge in [-0.1, -0.05) is 6.07 Å². The van der Waals surface area contributed by atoms with Crippen LogP contribution in [0.3, 0.4) is 0 Å². The lowest BCUT2D eigenvalue weighted by Crippen LogP contribution is -2.29. The molecule has 3 aromatic rings. The molecule has 198 valence electrons. The van der Waals surface area contributed by atoms with Crippen molar-refractivity contribution in [2.75, 3.05) is 46.4 Å². The maximum absolute atomic E-state index is 13.5. The topological polar surface area (TPSA) is 97.8 Å². The molecular formula is C28H28N2O7S. The van der Waals surface area contributed by atoms with Gasteiger partial charge in [-0.25, -0.2) is 0 Å². The molecular weight excluding hydrogens is 508 g/mol. The van der Waals surface area contributed by atoms with Crippen molar-refractivity contribution in [2.24, 2.45) is 0 Å². The van der Waals surface area contributed by atoms with Crippen LogP contribution in [0.5, 0.6) is 23.0 Å². The van der Waals surface area contributed by atoms with E-state index in [1.807, 2.05) is 29.5 Å². The van der Waals surface area contributed by atoms with Gasteiger partial charge < -0.3 is 33.9 Å².